The average molecular weight is 345 g/mol. The smallest absolute Gasteiger partial charge is 0.229 e. The molecule has 4 rings (SSSR count). The lowest BCUT2D eigenvalue weighted by atomic mass is 10.2. The topological polar surface area (TPSA) is 93.2 Å². The predicted molar refractivity (Wildman–Crippen MR) is 87.4 cm³/mol. The molecule has 3 heterocycles. The van der Waals surface area contributed by atoms with Gasteiger partial charge in [-0.3, -0.25) is 14.4 Å². The fraction of sp³-hybridized carbons (Fsp3) is 0.688. The zero-order valence-electron chi connectivity index (χ0n) is 14.4. The first-order chi connectivity index (χ1) is 12.2. The molecule has 1 atom stereocenters. The quantitative estimate of drug-likeness (QED) is 0.728. The van der Waals surface area contributed by atoms with Crippen LogP contribution in [0.5, 0.6) is 0 Å². The van der Waals surface area contributed by atoms with Crippen molar-refractivity contribution >= 4 is 5.91 Å². The number of hydrogen-bond acceptors (Lipinski definition) is 7. The van der Waals surface area contributed by atoms with Crippen LogP contribution in [0.4, 0.5) is 0 Å². The normalized spacial score (nSPS) is 20.9. The lowest BCUT2D eigenvalue weighted by Crippen LogP contribution is -2.40. The van der Waals surface area contributed by atoms with E-state index >= 15 is 0 Å². The number of amides is 1. The van der Waals surface area contributed by atoms with E-state index in [0.717, 1.165) is 51.3 Å². The zero-order valence-corrected chi connectivity index (χ0v) is 14.4. The Hall–Kier alpha value is -2.29. The highest BCUT2D eigenvalue weighted by molar-refractivity contribution is 5.73. The van der Waals surface area contributed by atoms with E-state index in [1.165, 1.54) is 0 Å². The number of rotatable bonds is 7. The van der Waals surface area contributed by atoms with Crippen molar-refractivity contribution in [1.29, 1.82) is 0 Å². The van der Waals surface area contributed by atoms with Gasteiger partial charge in [-0.2, -0.15) is 10.1 Å². The van der Waals surface area contributed by atoms with Gasteiger partial charge in [-0.25, -0.2) is 4.98 Å². The highest BCUT2D eigenvalue weighted by atomic mass is 16.5. The third kappa shape index (κ3) is 3.87. The van der Waals surface area contributed by atoms with Crippen LogP contribution in [0.25, 0.3) is 0 Å². The maximum absolute atomic E-state index is 12.1. The number of hydrogen-bond donors (Lipinski definition) is 0. The molecule has 1 saturated carbocycles. The average Bonchev–Trinajstić information content (AvgIpc) is 3.04. The fourth-order valence-corrected chi connectivity index (χ4v) is 3.34. The Morgan fingerprint density at radius 1 is 1.36 bits per heavy atom. The molecule has 2 aromatic heterocycles. The zero-order chi connectivity index (χ0) is 17.2. The lowest BCUT2D eigenvalue weighted by molar-refractivity contribution is -0.131. The third-order valence-corrected chi connectivity index (χ3v) is 4.93. The summed E-state index contributed by atoms with van der Waals surface area (Å²) in [5.41, 5.74) is 0. The molecular formula is C16H23N7O2. The standard InChI is InChI=1S/C16H23N7O2/c1-12(24)23(9-15-19-16(25-20-15)13-2-3-13)14-4-5-21(8-14)6-7-22-11-17-10-18-22/h10-11,13-14H,2-9H2,1H3/t14-/m0/s1. The summed E-state index contributed by atoms with van der Waals surface area (Å²) in [5, 5.41) is 8.17. The molecule has 0 spiro atoms. The van der Waals surface area contributed by atoms with Gasteiger partial charge in [0, 0.05) is 38.5 Å². The van der Waals surface area contributed by atoms with Crippen molar-refractivity contribution in [2.75, 3.05) is 19.6 Å². The summed E-state index contributed by atoms with van der Waals surface area (Å²) in [6.45, 7) is 5.58. The first kappa shape index (κ1) is 16.2. The summed E-state index contributed by atoms with van der Waals surface area (Å²) in [7, 11) is 0. The van der Waals surface area contributed by atoms with Crippen molar-refractivity contribution in [3.8, 4) is 0 Å². The molecule has 0 N–H and O–H groups in total. The molecule has 2 fully saturated rings. The minimum atomic E-state index is 0.0564. The van der Waals surface area contributed by atoms with Crippen molar-refractivity contribution in [2.45, 2.75) is 51.2 Å². The van der Waals surface area contributed by atoms with Gasteiger partial charge in [0.25, 0.3) is 0 Å². The van der Waals surface area contributed by atoms with E-state index in [1.54, 1.807) is 19.6 Å². The van der Waals surface area contributed by atoms with Gasteiger partial charge in [-0.05, 0) is 19.3 Å². The van der Waals surface area contributed by atoms with E-state index in [9.17, 15) is 4.79 Å². The maximum Gasteiger partial charge on any atom is 0.229 e. The second-order valence-electron chi connectivity index (χ2n) is 6.87. The Morgan fingerprint density at radius 3 is 2.96 bits per heavy atom. The van der Waals surface area contributed by atoms with Crippen LogP contribution in [0, 0.1) is 0 Å². The van der Waals surface area contributed by atoms with E-state index in [0.29, 0.717) is 18.3 Å². The van der Waals surface area contributed by atoms with Crippen LogP contribution in [-0.2, 0) is 17.9 Å². The number of carbonyl (C=O) groups is 1. The first-order valence-corrected chi connectivity index (χ1v) is 8.83. The van der Waals surface area contributed by atoms with Crippen molar-refractivity contribution in [1.82, 2.24) is 34.7 Å². The summed E-state index contributed by atoms with van der Waals surface area (Å²) in [4.78, 5) is 24.8. The molecule has 1 saturated heterocycles. The highest BCUT2D eigenvalue weighted by Crippen LogP contribution is 2.38. The molecular weight excluding hydrogens is 322 g/mol. The molecule has 9 heteroatoms. The van der Waals surface area contributed by atoms with Crippen LogP contribution in [0.1, 0.15) is 43.8 Å². The van der Waals surface area contributed by atoms with Crippen LogP contribution in [-0.4, -0.2) is 66.3 Å². The van der Waals surface area contributed by atoms with Crippen LogP contribution in [0.15, 0.2) is 17.2 Å². The van der Waals surface area contributed by atoms with Crippen molar-refractivity contribution in [3.05, 3.63) is 24.4 Å². The molecule has 2 aromatic rings. The van der Waals surface area contributed by atoms with Crippen molar-refractivity contribution < 1.29 is 9.32 Å². The lowest BCUT2D eigenvalue weighted by Gasteiger charge is -2.27. The third-order valence-electron chi connectivity index (χ3n) is 4.93. The summed E-state index contributed by atoms with van der Waals surface area (Å²) in [5.74, 6) is 1.82. The maximum atomic E-state index is 12.1. The molecule has 2 aliphatic rings. The predicted octanol–water partition coefficient (Wildman–Crippen LogP) is 0.661. The summed E-state index contributed by atoms with van der Waals surface area (Å²) in [6, 6.07) is 0.191. The van der Waals surface area contributed by atoms with Gasteiger partial charge >= 0.3 is 0 Å². The summed E-state index contributed by atoms with van der Waals surface area (Å²) < 4.78 is 7.14. The van der Waals surface area contributed by atoms with E-state index in [-0.39, 0.29) is 11.9 Å². The summed E-state index contributed by atoms with van der Waals surface area (Å²) in [6.07, 6.45) is 6.49. The molecule has 0 aromatic carbocycles. The molecule has 0 radical (unpaired) electrons. The second-order valence-corrected chi connectivity index (χ2v) is 6.87. The molecule has 1 amide bonds. The van der Waals surface area contributed by atoms with Crippen LogP contribution >= 0.6 is 0 Å². The molecule has 0 bridgehead atoms. The van der Waals surface area contributed by atoms with E-state index in [4.69, 9.17) is 4.52 Å². The van der Waals surface area contributed by atoms with Crippen LogP contribution < -0.4 is 0 Å². The monoisotopic (exact) mass is 345 g/mol. The van der Waals surface area contributed by atoms with Gasteiger partial charge in [0.15, 0.2) is 5.82 Å². The number of likely N-dealkylation sites (tertiary alicyclic amines) is 1. The molecule has 9 nitrogen and oxygen atoms in total. The van der Waals surface area contributed by atoms with Crippen molar-refractivity contribution in [3.63, 3.8) is 0 Å². The Balaban J connectivity index is 1.33. The molecule has 134 valence electrons. The van der Waals surface area contributed by atoms with Gasteiger partial charge in [-0.15, -0.1) is 0 Å². The molecule has 0 unspecified atom stereocenters. The van der Waals surface area contributed by atoms with Crippen LogP contribution in [0.2, 0.25) is 0 Å². The van der Waals surface area contributed by atoms with Crippen molar-refractivity contribution in [2.24, 2.45) is 0 Å². The molecule has 1 aliphatic heterocycles. The highest BCUT2D eigenvalue weighted by Gasteiger charge is 2.32. The number of carbonyl (C=O) groups excluding carboxylic acids is 1. The van der Waals surface area contributed by atoms with E-state index in [2.05, 4.69) is 25.1 Å². The minimum absolute atomic E-state index is 0.0564. The number of nitrogens with zero attached hydrogens (tertiary/aromatic N) is 7. The molecule has 25 heavy (non-hydrogen) atoms. The fourth-order valence-electron chi connectivity index (χ4n) is 3.34. The Bertz CT molecular complexity index is 710. The van der Waals surface area contributed by atoms with Crippen LogP contribution in [0.3, 0.4) is 0 Å². The SMILES string of the molecule is CC(=O)N(Cc1noc(C2CC2)n1)[C@H]1CCN(CCn2cncn2)C1. The second kappa shape index (κ2) is 6.91. The van der Waals surface area contributed by atoms with Gasteiger partial charge in [0.2, 0.25) is 11.8 Å². The molecule has 1 aliphatic carbocycles. The Kier molecular flexibility index (Phi) is 4.48. The Morgan fingerprint density at radius 2 is 2.24 bits per heavy atom. The minimum Gasteiger partial charge on any atom is -0.339 e. The Labute approximate surface area is 146 Å². The van der Waals surface area contributed by atoms with Gasteiger partial charge in [0.05, 0.1) is 13.1 Å². The van der Waals surface area contributed by atoms with Gasteiger partial charge in [-0.1, -0.05) is 5.16 Å². The summed E-state index contributed by atoms with van der Waals surface area (Å²) >= 11 is 0. The largest absolute Gasteiger partial charge is 0.339 e. The van der Waals surface area contributed by atoms with E-state index in [1.807, 2.05) is 9.58 Å². The van der Waals surface area contributed by atoms with E-state index < -0.39 is 0 Å². The first-order valence-electron chi connectivity index (χ1n) is 8.83. The van der Waals surface area contributed by atoms with Gasteiger partial charge < -0.3 is 9.42 Å². The number of aromatic nitrogens is 5. The van der Waals surface area contributed by atoms with Gasteiger partial charge in [0.1, 0.15) is 12.7 Å².